The van der Waals surface area contributed by atoms with Crippen LogP contribution < -0.4 is 10.6 Å². The van der Waals surface area contributed by atoms with Gasteiger partial charge in [-0.25, -0.2) is 13.2 Å². The number of rotatable bonds is 4. The number of nitrogens with zero attached hydrogens (tertiary/aromatic N) is 1. The summed E-state index contributed by atoms with van der Waals surface area (Å²) in [4.78, 5) is 14.8. The van der Waals surface area contributed by atoms with Crippen LogP contribution in [-0.4, -0.2) is 62.1 Å². The Bertz CT molecular complexity index is 547. The van der Waals surface area contributed by atoms with E-state index in [9.17, 15) is 13.2 Å². The fourth-order valence-corrected chi connectivity index (χ4v) is 5.17. The van der Waals surface area contributed by atoms with Gasteiger partial charge in [-0.3, -0.25) is 4.90 Å². The molecule has 1 aliphatic heterocycles. The lowest BCUT2D eigenvalue weighted by Gasteiger charge is -2.29. The Balaban J connectivity index is 1.47. The maximum absolute atomic E-state index is 12.3. The maximum atomic E-state index is 12.3. The Hall–Kier alpha value is -0.820. The van der Waals surface area contributed by atoms with E-state index in [1.807, 2.05) is 0 Å². The molecule has 3 rings (SSSR count). The smallest absolute Gasteiger partial charge is 0.315 e. The van der Waals surface area contributed by atoms with Crippen LogP contribution in [0, 0.1) is 5.92 Å². The van der Waals surface area contributed by atoms with Gasteiger partial charge in [0.25, 0.3) is 0 Å². The van der Waals surface area contributed by atoms with Gasteiger partial charge in [-0.15, -0.1) is 0 Å². The number of sulfone groups is 1. The quantitative estimate of drug-likeness (QED) is 0.802. The molecule has 0 aromatic carbocycles. The Kier molecular flexibility index (Phi) is 4.88. The lowest BCUT2D eigenvalue weighted by molar-refractivity contribution is 0.226. The minimum absolute atomic E-state index is 0.0280. The molecule has 132 valence electrons. The minimum Gasteiger partial charge on any atom is -0.335 e. The van der Waals surface area contributed by atoms with Gasteiger partial charge in [-0.05, 0) is 38.0 Å². The number of urea groups is 1. The van der Waals surface area contributed by atoms with Gasteiger partial charge >= 0.3 is 6.03 Å². The molecule has 0 spiro atoms. The van der Waals surface area contributed by atoms with Crippen LogP contribution in [0.15, 0.2) is 0 Å². The third-order valence-electron chi connectivity index (χ3n) is 5.59. The zero-order chi connectivity index (χ0) is 16.6. The van der Waals surface area contributed by atoms with Gasteiger partial charge in [0.1, 0.15) is 9.84 Å². The van der Waals surface area contributed by atoms with Crippen molar-refractivity contribution >= 4 is 15.9 Å². The molecular formula is C16H29N3O3S. The fourth-order valence-electron chi connectivity index (χ4n) is 3.99. The first kappa shape index (κ1) is 17.0. The van der Waals surface area contributed by atoms with Crippen LogP contribution in [-0.2, 0) is 9.84 Å². The van der Waals surface area contributed by atoms with E-state index in [2.05, 4.69) is 22.5 Å². The molecule has 1 heterocycles. The first-order valence-electron chi connectivity index (χ1n) is 8.83. The summed E-state index contributed by atoms with van der Waals surface area (Å²) in [5.41, 5.74) is 0. The molecule has 1 saturated heterocycles. The minimum atomic E-state index is -3.01. The molecule has 2 aliphatic carbocycles. The van der Waals surface area contributed by atoms with Crippen molar-refractivity contribution in [3.05, 3.63) is 0 Å². The Morgan fingerprint density at radius 3 is 2.48 bits per heavy atom. The summed E-state index contributed by atoms with van der Waals surface area (Å²) in [6.45, 7) is 4.19. The first-order valence-corrected chi connectivity index (χ1v) is 10.8. The number of likely N-dealkylation sites (tertiary alicyclic amines) is 1. The normalized spacial score (nSPS) is 35.9. The summed E-state index contributed by atoms with van der Waals surface area (Å²) in [5, 5.41) is 5.79. The molecule has 23 heavy (non-hydrogen) atoms. The van der Waals surface area contributed by atoms with E-state index >= 15 is 0 Å². The van der Waals surface area contributed by atoms with Gasteiger partial charge in [0.05, 0.1) is 5.25 Å². The monoisotopic (exact) mass is 343 g/mol. The van der Waals surface area contributed by atoms with Crippen molar-refractivity contribution in [1.82, 2.24) is 15.5 Å². The highest BCUT2D eigenvalue weighted by Crippen LogP contribution is 2.31. The van der Waals surface area contributed by atoms with Crippen molar-refractivity contribution in [2.24, 2.45) is 5.92 Å². The zero-order valence-electron chi connectivity index (χ0n) is 14.1. The third kappa shape index (κ3) is 4.38. The van der Waals surface area contributed by atoms with E-state index in [0.717, 1.165) is 32.0 Å². The van der Waals surface area contributed by atoms with Gasteiger partial charge in [0.2, 0.25) is 0 Å². The second kappa shape index (κ2) is 6.59. The molecular weight excluding hydrogens is 314 g/mol. The highest BCUT2D eigenvalue weighted by atomic mass is 32.2. The van der Waals surface area contributed by atoms with Crippen LogP contribution >= 0.6 is 0 Å². The topological polar surface area (TPSA) is 78.5 Å². The van der Waals surface area contributed by atoms with Gasteiger partial charge in [0, 0.05) is 37.5 Å². The average molecular weight is 343 g/mol. The lowest BCUT2D eigenvalue weighted by Crippen LogP contribution is -2.50. The molecule has 0 radical (unpaired) electrons. The van der Waals surface area contributed by atoms with Crippen LogP contribution in [0.3, 0.4) is 0 Å². The molecule has 6 nitrogen and oxygen atoms in total. The second-order valence-corrected chi connectivity index (χ2v) is 10.0. The molecule has 2 amide bonds. The summed E-state index contributed by atoms with van der Waals surface area (Å²) in [5.74, 6) is 0.469. The van der Waals surface area contributed by atoms with Crippen LogP contribution in [0.5, 0.6) is 0 Å². The van der Waals surface area contributed by atoms with Crippen molar-refractivity contribution in [3.63, 3.8) is 0 Å². The van der Waals surface area contributed by atoms with Gasteiger partial charge in [-0.2, -0.15) is 0 Å². The van der Waals surface area contributed by atoms with E-state index in [0.29, 0.717) is 18.8 Å². The summed E-state index contributed by atoms with van der Waals surface area (Å²) in [6.07, 6.45) is 6.87. The van der Waals surface area contributed by atoms with Crippen molar-refractivity contribution in [3.8, 4) is 0 Å². The summed E-state index contributed by atoms with van der Waals surface area (Å²) in [6, 6.07) is 0.768. The van der Waals surface area contributed by atoms with Gasteiger partial charge in [0.15, 0.2) is 0 Å². The van der Waals surface area contributed by atoms with Crippen LogP contribution in [0.25, 0.3) is 0 Å². The van der Waals surface area contributed by atoms with Crippen molar-refractivity contribution in [1.29, 1.82) is 0 Å². The summed E-state index contributed by atoms with van der Waals surface area (Å²) in [7, 11) is -3.01. The molecule has 0 bridgehead atoms. The second-order valence-electron chi connectivity index (χ2n) is 7.70. The Labute approximate surface area is 139 Å². The van der Waals surface area contributed by atoms with Crippen LogP contribution in [0.2, 0.25) is 0 Å². The maximum Gasteiger partial charge on any atom is 0.315 e. The molecule has 0 aromatic heterocycles. The van der Waals surface area contributed by atoms with Gasteiger partial charge < -0.3 is 10.6 Å². The Morgan fingerprint density at radius 1 is 1.09 bits per heavy atom. The predicted octanol–water partition coefficient (Wildman–Crippen LogP) is 1.12. The molecule has 2 saturated carbocycles. The SMILES string of the molecule is CC1CN(C2CC2)CC1NC(=O)NC1CCCC(S(C)(=O)=O)C1. The highest BCUT2D eigenvalue weighted by Gasteiger charge is 2.39. The summed E-state index contributed by atoms with van der Waals surface area (Å²) < 4.78 is 23.4. The number of hydrogen-bond donors (Lipinski definition) is 2. The standard InChI is InChI=1S/C16H29N3O3S/c1-11-9-19(13-6-7-13)10-15(11)18-16(20)17-12-4-3-5-14(8-12)23(2,21)22/h11-15H,3-10H2,1-2H3,(H2,17,18,20). The molecule has 4 unspecified atom stereocenters. The van der Waals surface area contributed by atoms with Crippen molar-refractivity contribution in [2.45, 2.75) is 68.8 Å². The molecule has 3 aliphatic rings. The van der Waals surface area contributed by atoms with Crippen molar-refractivity contribution in [2.75, 3.05) is 19.3 Å². The van der Waals surface area contributed by atoms with E-state index in [1.54, 1.807) is 0 Å². The molecule has 4 atom stereocenters. The van der Waals surface area contributed by atoms with Crippen LogP contribution in [0.4, 0.5) is 4.79 Å². The highest BCUT2D eigenvalue weighted by molar-refractivity contribution is 7.91. The third-order valence-corrected chi connectivity index (χ3v) is 7.23. The average Bonchev–Trinajstić information content (AvgIpc) is 3.24. The zero-order valence-corrected chi connectivity index (χ0v) is 14.9. The van der Waals surface area contributed by atoms with E-state index < -0.39 is 9.84 Å². The van der Waals surface area contributed by atoms with E-state index in [1.165, 1.54) is 19.1 Å². The number of carbonyl (C=O) groups is 1. The molecule has 0 aromatic rings. The molecule has 3 fully saturated rings. The number of amides is 2. The summed E-state index contributed by atoms with van der Waals surface area (Å²) >= 11 is 0. The number of carbonyl (C=O) groups excluding carboxylic acids is 1. The lowest BCUT2D eigenvalue weighted by atomic mass is 9.95. The molecule has 7 heteroatoms. The van der Waals surface area contributed by atoms with Gasteiger partial charge in [-0.1, -0.05) is 13.3 Å². The van der Waals surface area contributed by atoms with E-state index in [-0.39, 0.29) is 23.4 Å². The van der Waals surface area contributed by atoms with Crippen molar-refractivity contribution < 1.29 is 13.2 Å². The fraction of sp³-hybridized carbons (Fsp3) is 0.938. The first-order chi connectivity index (χ1) is 10.8. The Morgan fingerprint density at radius 2 is 1.83 bits per heavy atom. The predicted molar refractivity (Wildman–Crippen MR) is 90.1 cm³/mol. The van der Waals surface area contributed by atoms with E-state index in [4.69, 9.17) is 0 Å². The van der Waals surface area contributed by atoms with Crippen LogP contribution in [0.1, 0.15) is 45.4 Å². The number of nitrogens with one attached hydrogen (secondary N) is 2. The largest absolute Gasteiger partial charge is 0.335 e. The number of hydrogen-bond acceptors (Lipinski definition) is 4. The molecule has 2 N–H and O–H groups in total.